The highest BCUT2D eigenvalue weighted by Gasteiger charge is 2.12. The maximum Gasteiger partial charge on any atom is 0.435 e. The van der Waals surface area contributed by atoms with Crippen molar-refractivity contribution in [2.45, 2.75) is 6.92 Å². The number of nitrogens with two attached hydrogens (primary N) is 1. The van der Waals surface area contributed by atoms with Gasteiger partial charge in [-0.25, -0.2) is 13.6 Å². The Morgan fingerprint density at radius 2 is 2.31 bits per heavy atom. The van der Waals surface area contributed by atoms with Gasteiger partial charge < -0.3 is 10.5 Å². The lowest BCUT2D eigenvalue weighted by molar-refractivity contribution is 0.163. The molecule has 1 aromatic carbocycles. The number of nitrogens with zero attached hydrogens (tertiary/aromatic N) is 1. The molecule has 0 aliphatic carbocycles. The maximum absolute atomic E-state index is 13.2. The summed E-state index contributed by atoms with van der Waals surface area (Å²) >= 11 is 0. The Kier molecular flexibility index (Phi) is 3.93. The average Bonchev–Trinajstić information content (AvgIpc) is 2.22. The highest BCUT2D eigenvalue weighted by molar-refractivity contribution is 6.02. The summed E-state index contributed by atoms with van der Waals surface area (Å²) in [4.78, 5) is 14.2. The highest BCUT2D eigenvalue weighted by Crippen LogP contribution is 2.10. The Bertz CT molecular complexity index is 433. The number of carbonyl (C=O) groups excluding carboxylic acids is 1. The Morgan fingerprint density at radius 3 is 2.94 bits per heavy atom. The number of carbonyl (C=O) groups is 1. The quantitative estimate of drug-likeness (QED) is 0.616. The van der Waals surface area contributed by atoms with Crippen molar-refractivity contribution in [3.8, 4) is 0 Å². The van der Waals surface area contributed by atoms with Gasteiger partial charge in [-0.1, -0.05) is 6.07 Å². The molecule has 1 rings (SSSR count). The summed E-state index contributed by atoms with van der Waals surface area (Å²) in [6.07, 6.45) is -0.951. The number of hydrogen-bond acceptors (Lipinski definition) is 2. The van der Waals surface area contributed by atoms with E-state index in [1.54, 1.807) is 6.92 Å². The molecule has 1 radical (unpaired) electrons. The first kappa shape index (κ1) is 12.1. The molecule has 0 spiro atoms. The van der Waals surface area contributed by atoms with E-state index in [9.17, 15) is 13.6 Å². The summed E-state index contributed by atoms with van der Waals surface area (Å²) in [5.74, 6) is -2.82. The van der Waals surface area contributed by atoms with Crippen molar-refractivity contribution in [1.82, 2.24) is 0 Å². The van der Waals surface area contributed by atoms with Crippen molar-refractivity contribution >= 4 is 11.9 Å². The van der Waals surface area contributed by atoms with Crippen LogP contribution in [0.15, 0.2) is 17.1 Å². The predicted octanol–water partition coefficient (Wildman–Crippen LogP) is 1.63. The van der Waals surface area contributed by atoms with Gasteiger partial charge in [0.15, 0.2) is 11.6 Å². The van der Waals surface area contributed by atoms with Gasteiger partial charge in [0.2, 0.25) is 0 Å². The average molecular weight is 227 g/mol. The van der Waals surface area contributed by atoms with E-state index in [4.69, 9.17) is 5.73 Å². The van der Waals surface area contributed by atoms with Gasteiger partial charge in [-0.15, -0.1) is 0 Å². The van der Waals surface area contributed by atoms with Crippen LogP contribution < -0.4 is 5.73 Å². The van der Waals surface area contributed by atoms with E-state index in [1.807, 2.05) is 6.07 Å². The summed E-state index contributed by atoms with van der Waals surface area (Å²) in [6.45, 7) is 1.70. The number of amidine groups is 1. The minimum Gasteiger partial charge on any atom is -0.448 e. The van der Waals surface area contributed by atoms with Crippen molar-refractivity contribution in [3.05, 3.63) is 35.4 Å². The molecule has 16 heavy (non-hydrogen) atoms. The molecule has 0 aliphatic heterocycles. The molecule has 4 nitrogen and oxygen atoms in total. The number of aliphatic imine (C=N–C) groups is 1. The fourth-order valence-electron chi connectivity index (χ4n) is 0.965. The van der Waals surface area contributed by atoms with Gasteiger partial charge in [-0.05, 0) is 13.0 Å². The molecule has 0 aliphatic rings. The van der Waals surface area contributed by atoms with E-state index in [1.165, 1.54) is 0 Å². The smallest absolute Gasteiger partial charge is 0.435 e. The van der Waals surface area contributed by atoms with E-state index in [2.05, 4.69) is 9.73 Å². The van der Waals surface area contributed by atoms with Crippen LogP contribution in [0, 0.1) is 17.7 Å². The molecule has 0 bridgehead atoms. The molecule has 0 heterocycles. The standard InChI is InChI=1S/C10H9F2N2O2/c1-2-16-10(15)14-9(13)6-4-3-5-7(11)8(6)12/h3-4H,2H2,1H3,(H2,13,14,15). The van der Waals surface area contributed by atoms with Crippen LogP contribution >= 0.6 is 0 Å². The second kappa shape index (κ2) is 5.20. The molecule has 0 unspecified atom stereocenters. The Morgan fingerprint density at radius 1 is 1.62 bits per heavy atom. The second-order valence-corrected chi connectivity index (χ2v) is 2.72. The van der Waals surface area contributed by atoms with Gasteiger partial charge in [-0.2, -0.15) is 4.99 Å². The molecule has 0 aromatic heterocycles. The van der Waals surface area contributed by atoms with Crippen LogP contribution in [0.1, 0.15) is 12.5 Å². The monoisotopic (exact) mass is 227 g/mol. The van der Waals surface area contributed by atoms with E-state index in [-0.39, 0.29) is 12.2 Å². The van der Waals surface area contributed by atoms with Gasteiger partial charge in [0, 0.05) is 6.07 Å². The maximum atomic E-state index is 13.2. The molecule has 85 valence electrons. The molecule has 1 aromatic rings. The number of hydrogen-bond donors (Lipinski definition) is 1. The topological polar surface area (TPSA) is 64.7 Å². The summed E-state index contributed by atoms with van der Waals surface area (Å²) < 4.78 is 30.4. The fraction of sp³-hybridized carbons (Fsp3) is 0.200. The van der Waals surface area contributed by atoms with Gasteiger partial charge >= 0.3 is 6.09 Å². The molecule has 0 saturated carbocycles. The lowest BCUT2D eigenvalue weighted by Crippen LogP contribution is -2.18. The number of benzene rings is 1. The third kappa shape index (κ3) is 2.75. The lowest BCUT2D eigenvalue weighted by Gasteiger charge is -2.02. The van der Waals surface area contributed by atoms with Crippen molar-refractivity contribution < 1.29 is 18.3 Å². The number of rotatable bonds is 2. The summed E-state index contributed by atoms with van der Waals surface area (Å²) in [5.41, 5.74) is 5.02. The summed E-state index contributed by atoms with van der Waals surface area (Å²) in [6, 6.07) is 4.31. The molecule has 0 fully saturated rings. The number of ether oxygens (including phenoxy) is 1. The number of halogens is 2. The zero-order chi connectivity index (χ0) is 12.1. The van der Waals surface area contributed by atoms with E-state index >= 15 is 0 Å². The zero-order valence-electron chi connectivity index (χ0n) is 8.46. The van der Waals surface area contributed by atoms with Crippen LogP contribution in [0.4, 0.5) is 13.6 Å². The minimum absolute atomic E-state index is 0.120. The normalized spacial score (nSPS) is 11.3. The Hall–Kier alpha value is -1.98. The zero-order valence-corrected chi connectivity index (χ0v) is 8.46. The Balaban J connectivity index is 3.00. The third-order valence-electron chi connectivity index (χ3n) is 1.64. The summed E-state index contributed by atoms with van der Waals surface area (Å²) in [7, 11) is 0. The number of amides is 1. The first-order valence-corrected chi connectivity index (χ1v) is 4.43. The molecule has 0 saturated heterocycles. The van der Waals surface area contributed by atoms with Gasteiger partial charge in [0.25, 0.3) is 0 Å². The second-order valence-electron chi connectivity index (χ2n) is 2.72. The lowest BCUT2D eigenvalue weighted by atomic mass is 10.2. The van der Waals surface area contributed by atoms with Crippen molar-refractivity contribution in [2.24, 2.45) is 10.7 Å². The van der Waals surface area contributed by atoms with Gasteiger partial charge in [-0.3, -0.25) is 0 Å². The third-order valence-corrected chi connectivity index (χ3v) is 1.64. The van der Waals surface area contributed by atoms with Crippen molar-refractivity contribution in [3.63, 3.8) is 0 Å². The van der Waals surface area contributed by atoms with Crippen LogP contribution in [0.25, 0.3) is 0 Å². The molecule has 2 N–H and O–H groups in total. The first-order valence-electron chi connectivity index (χ1n) is 4.43. The van der Waals surface area contributed by atoms with Crippen molar-refractivity contribution in [2.75, 3.05) is 6.61 Å². The fourth-order valence-corrected chi connectivity index (χ4v) is 0.965. The van der Waals surface area contributed by atoms with E-state index in [0.717, 1.165) is 12.1 Å². The molecular weight excluding hydrogens is 218 g/mol. The van der Waals surface area contributed by atoms with Crippen LogP contribution in [-0.4, -0.2) is 18.5 Å². The van der Waals surface area contributed by atoms with E-state index < -0.39 is 23.6 Å². The van der Waals surface area contributed by atoms with Crippen LogP contribution in [0.3, 0.4) is 0 Å². The summed E-state index contributed by atoms with van der Waals surface area (Å²) in [5, 5.41) is 0. The molecular formula is C10H9F2N2O2. The largest absolute Gasteiger partial charge is 0.448 e. The SMILES string of the molecule is CCOC(=O)N=C(N)c1cc[c]c(F)c1F. The van der Waals surface area contributed by atoms with Gasteiger partial charge in [0.05, 0.1) is 12.2 Å². The minimum atomic E-state index is -1.20. The molecule has 6 heteroatoms. The molecule has 0 atom stereocenters. The predicted molar refractivity (Wildman–Crippen MR) is 52.9 cm³/mol. The first-order chi connectivity index (χ1) is 7.56. The van der Waals surface area contributed by atoms with Crippen LogP contribution in [0.5, 0.6) is 0 Å². The van der Waals surface area contributed by atoms with Crippen LogP contribution in [-0.2, 0) is 4.74 Å². The Labute approximate surface area is 90.7 Å². The highest BCUT2D eigenvalue weighted by atomic mass is 19.2. The van der Waals surface area contributed by atoms with Crippen molar-refractivity contribution in [1.29, 1.82) is 0 Å². The van der Waals surface area contributed by atoms with Crippen LogP contribution in [0.2, 0.25) is 0 Å². The van der Waals surface area contributed by atoms with E-state index in [0.29, 0.717) is 0 Å². The van der Waals surface area contributed by atoms with Gasteiger partial charge in [0.1, 0.15) is 5.84 Å². The molecule has 1 amide bonds.